The van der Waals surface area contributed by atoms with Gasteiger partial charge in [0.25, 0.3) is 0 Å². The molecular weight excluding hydrogens is 236 g/mol. The van der Waals surface area contributed by atoms with Crippen molar-refractivity contribution in [2.75, 3.05) is 11.9 Å². The number of hydrogen-bond donors (Lipinski definition) is 1. The lowest BCUT2D eigenvalue weighted by Gasteiger charge is -2.29. The maximum atomic E-state index is 9.13. The van der Waals surface area contributed by atoms with Gasteiger partial charge in [0.1, 0.15) is 0 Å². The molecule has 0 radical (unpaired) electrons. The summed E-state index contributed by atoms with van der Waals surface area (Å²) in [4.78, 5) is 0. The molecule has 0 bridgehead atoms. The minimum absolute atomic E-state index is 0.336. The van der Waals surface area contributed by atoms with E-state index < -0.39 is 5.41 Å². The number of hydrogen-bond acceptors (Lipinski definition) is 3. The summed E-state index contributed by atoms with van der Waals surface area (Å²) in [5.74, 6) is 0. The Hall–Kier alpha value is -1.53. The van der Waals surface area contributed by atoms with Gasteiger partial charge in [-0.25, -0.2) is 0 Å². The van der Waals surface area contributed by atoms with Gasteiger partial charge in [-0.1, -0.05) is 12.1 Å². The third-order valence-corrected chi connectivity index (χ3v) is 3.74. The Balaban J connectivity index is 2.01. The van der Waals surface area contributed by atoms with Crippen molar-refractivity contribution < 1.29 is 4.74 Å². The van der Waals surface area contributed by atoms with E-state index in [-0.39, 0.29) is 0 Å². The van der Waals surface area contributed by atoms with Gasteiger partial charge in [0.05, 0.1) is 17.6 Å². The topological polar surface area (TPSA) is 45.0 Å². The monoisotopic (exact) mass is 258 g/mol. The lowest BCUT2D eigenvalue weighted by molar-refractivity contribution is 0.0232. The molecule has 102 valence electrons. The fraction of sp³-hybridized carbons (Fsp3) is 0.562. The molecule has 1 N–H and O–H groups in total. The summed E-state index contributed by atoms with van der Waals surface area (Å²) in [5, 5.41) is 12.7. The van der Waals surface area contributed by atoms with Crippen molar-refractivity contribution in [2.45, 2.75) is 51.2 Å². The van der Waals surface area contributed by atoms with Crippen LogP contribution in [0.5, 0.6) is 0 Å². The quantitative estimate of drug-likeness (QED) is 0.903. The van der Waals surface area contributed by atoms with Crippen LogP contribution >= 0.6 is 0 Å². The molecule has 0 aromatic heterocycles. The van der Waals surface area contributed by atoms with Gasteiger partial charge in [0, 0.05) is 18.3 Å². The first-order chi connectivity index (χ1) is 9.01. The van der Waals surface area contributed by atoms with E-state index in [1.165, 1.54) is 0 Å². The van der Waals surface area contributed by atoms with Crippen molar-refractivity contribution >= 4 is 5.69 Å². The number of benzene rings is 1. The number of nitrogens with zero attached hydrogens (tertiary/aromatic N) is 1. The van der Waals surface area contributed by atoms with Crippen molar-refractivity contribution in [2.24, 2.45) is 0 Å². The Morgan fingerprint density at radius 3 is 2.58 bits per heavy atom. The summed E-state index contributed by atoms with van der Waals surface area (Å²) in [6.45, 7) is 6.83. The zero-order valence-corrected chi connectivity index (χ0v) is 11.9. The molecule has 1 saturated heterocycles. The van der Waals surface area contributed by atoms with E-state index in [4.69, 9.17) is 10.00 Å². The number of nitriles is 1. The highest BCUT2D eigenvalue weighted by Crippen LogP contribution is 2.25. The summed E-state index contributed by atoms with van der Waals surface area (Å²) in [6, 6.07) is 11.0. The first kappa shape index (κ1) is 13.9. The van der Waals surface area contributed by atoms with E-state index in [1.807, 2.05) is 26.0 Å². The standard InChI is InChI=1S/C16H22N2O/c1-12-10-15(8-9-19-12)18-14-6-4-13(5-7-14)16(2,3)11-17/h4-7,12,15,18H,8-10H2,1-3H3. The molecule has 0 spiro atoms. The Labute approximate surface area is 115 Å². The molecule has 19 heavy (non-hydrogen) atoms. The Morgan fingerprint density at radius 2 is 2.00 bits per heavy atom. The predicted molar refractivity (Wildman–Crippen MR) is 77.1 cm³/mol. The molecule has 2 unspecified atom stereocenters. The van der Waals surface area contributed by atoms with E-state index >= 15 is 0 Å². The van der Waals surface area contributed by atoms with Crippen molar-refractivity contribution in [3.8, 4) is 6.07 Å². The van der Waals surface area contributed by atoms with Gasteiger partial charge in [-0.15, -0.1) is 0 Å². The van der Waals surface area contributed by atoms with Gasteiger partial charge in [0.2, 0.25) is 0 Å². The van der Waals surface area contributed by atoms with Gasteiger partial charge >= 0.3 is 0 Å². The Bertz CT molecular complexity index is 459. The SMILES string of the molecule is CC1CC(Nc2ccc(C(C)(C)C#N)cc2)CCO1. The van der Waals surface area contributed by atoms with Crippen LogP contribution in [0, 0.1) is 11.3 Å². The van der Waals surface area contributed by atoms with Crippen LogP contribution in [0.2, 0.25) is 0 Å². The van der Waals surface area contributed by atoms with Crippen molar-refractivity contribution in [1.29, 1.82) is 5.26 Å². The molecular formula is C16H22N2O. The van der Waals surface area contributed by atoms with Gasteiger partial charge in [-0.05, 0) is 51.3 Å². The molecule has 3 heteroatoms. The minimum atomic E-state index is -0.425. The number of nitrogens with one attached hydrogen (secondary N) is 1. The van der Waals surface area contributed by atoms with Crippen LogP contribution in [-0.2, 0) is 10.2 Å². The zero-order valence-electron chi connectivity index (χ0n) is 11.9. The maximum absolute atomic E-state index is 9.13. The average Bonchev–Trinajstić information content (AvgIpc) is 2.39. The van der Waals surface area contributed by atoms with Crippen molar-refractivity contribution in [1.82, 2.24) is 0 Å². The molecule has 1 heterocycles. The molecule has 2 atom stereocenters. The van der Waals surface area contributed by atoms with Gasteiger partial charge < -0.3 is 10.1 Å². The molecule has 1 aromatic carbocycles. The molecule has 0 amide bonds. The molecule has 3 nitrogen and oxygen atoms in total. The van der Waals surface area contributed by atoms with Gasteiger partial charge in [-0.3, -0.25) is 0 Å². The highest BCUT2D eigenvalue weighted by atomic mass is 16.5. The molecule has 1 fully saturated rings. The molecule has 2 rings (SSSR count). The molecule has 0 saturated carbocycles. The Morgan fingerprint density at radius 1 is 1.32 bits per heavy atom. The third kappa shape index (κ3) is 3.48. The van der Waals surface area contributed by atoms with Crippen LogP contribution in [0.25, 0.3) is 0 Å². The fourth-order valence-electron chi connectivity index (χ4n) is 2.41. The van der Waals surface area contributed by atoms with E-state index in [1.54, 1.807) is 0 Å². The molecule has 0 aliphatic carbocycles. The second-order valence-electron chi connectivity index (χ2n) is 5.86. The van der Waals surface area contributed by atoms with Crippen LogP contribution in [-0.4, -0.2) is 18.8 Å². The number of ether oxygens (including phenoxy) is 1. The fourth-order valence-corrected chi connectivity index (χ4v) is 2.41. The summed E-state index contributed by atoms with van der Waals surface area (Å²) in [6.07, 6.45) is 2.43. The highest BCUT2D eigenvalue weighted by Gasteiger charge is 2.21. The highest BCUT2D eigenvalue weighted by molar-refractivity contribution is 5.47. The van der Waals surface area contributed by atoms with Gasteiger partial charge in [0.15, 0.2) is 0 Å². The lowest BCUT2D eigenvalue weighted by Crippen LogP contribution is -2.32. The first-order valence-corrected chi connectivity index (χ1v) is 6.91. The number of anilines is 1. The van der Waals surface area contributed by atoms with Crippen molar-refractivity contribution in [3.05, 3.63) is 29.8 Å². The smallest absolute Gasteiger partial charge is 0.0766 e. The van der Waals surface area contributed by atoms with E-state index in [9.17, 15) is 0 Å². The molecule has 1 aliphatic heterocycles. The summed E-state index contributed by atoms with van der Waals surface area (Å²) in [5.41, 5.74) is 1.75. The molecule has 1 aromatic rings. The minimum Gasteiger partial charge on any atom is -0.382 e. The first-order valence-electron chi connectivity index (χ1n) is 6.91. The van der Waals surface area contributed by atoms with Crippen LogP contribution in [0.4, 0.5) is 5.69 Å². The second-order valence-corrected chi connectivity index (χ2v) is 5.86. The second kappa shape index (κ2) is 5.63. The normalized spacial score (nSPS) is 23.7. The van der Waals surface area contributed by atoms with Crippen LogP contribution in [0.1, 0.15) is 39.2 Å². The van der Waals surface area contributed by atoms with Crippen LogP contribution < -0.4 is 5.32 Å². The van der Waals surface area contributed by atoms with Crippen molar-refractivity contribution in [3.63, 3.8) is 0 Å². The average molecular weight is 258 g/mol. The lowest BCUT2D eigenvalue weighted by atomic mass is 9.86. The van der Waals surface area contributed by atoms with E-state index in [0.717, 1.165) is 30.7 Å². The molecule has 1 aliphatic rings. The van der Waals surface area contributed by atoms with E-state index in [0.29, 0.717) is 12.1 Å². The van der Waals surface area contributed by atoms with Gasteiger partial charge in [-0.2, -0.15) is 5.26 Å². The van der Waals surface area contributed by atoms with Crippen LogP contribution in [0.3, 0.4) is 0 Å². The summed E-state index contributed by atoms with van der Waals surface area (Å²) < 4.78 is 5.55. The zero-order chi connectivity index (χ0) is 13.9. The van der Waals surface area contributed by atoms with E-state index in [2.05, 4.69) is 30.4 Å². The third-order valence-electron chi connectivity index (χ3n) is 3.74. The number of rotatable bonds is 3. The summed E-state index contributed by atoms with van der Waals surface area (Å²) >= 11 is 0. The summed E-state index contributed by atoms with van der Waals surface area (Å²) in [7, 11) is 0. The largest absolute Gasteiger partial charge is 0.382 e. The predicted octanol–water partition coefficient (Wildman–Crippen LogP) is 3.47. The van der Waals surface area contributed by atoms with Crippen LogP contribution in [0.15, 0.2) is 24.3 Å². The Kier molecular flexibility index (Phi) is 4.11. The maximum Gasteiger partial charge on any atom is 0.0766 e.